The predicted molar refractivity (Wildman–Crippen MR) is 63.8 cm³/mol. The monoisotopic (exact) mass is 248 g/mol. The zero-order chi connectivity index (χ0) is 11.4. The first-order valence-electron chi connectivity index (χ1n) is 4.75. The number of aliphatic hydroxyl groups excluding tert-OH is 1. The molecule has 0 heterocycles. The van der Waals surface area contributed by atoms with Crippen LogP contribution in [0.4, 0.5) is 4.39 Å². The van der Waals surface area contributed by atoms with Gasteiger partial charge < -0.3 is 5.11 Å². The Kier molecular flexibility index (Phi) is 4.90. The number of thioether (sulfide) groups is 1. The van der Waals surface area contributed by atoms with Crippen molar-refractivity contribution in [2.24, 2.45) is 0 Å². The van der Waals surface area contributed by atoms with E-state index in [1.54, 1.807) is 19.1 Å². The normalized spacial score (nSPS) is 15.0. The molecule has 0 bridgehead atoms. The van der Waals surface area contributed by atoms with Gasteiger partial charge in [-0.1, -0.05) is 30.7 Å². The van der Waals surface area contributed by atoms with Gasteiger partial charge in [-0.2, -0.15) is 11.8 Å². The molecule has 0 aromatic heterocycles. The van der Waals surface area contributed by atoms with Crippen LogP contribution < -0.4 is 0 Å². The van der Waals surface area contributed by atoms with Crippen LogP contribution in [-0.2, 0) is 5.75 Å². The maximum Gasteiger partial charge on any atom is 0.145 e. The lowest BCUT2D eigenvalue weighted by Crippen LogP contribution is -2.15. The second-order valence-electron chi connectivity index (χ2n) is 3.47. The first-order valence-corrected chi connectivity index (χ1v) is 6.17. The molecule has 2 unspecified atom stereocenters. The highest BCUT2D eigenvalue weighted by atomic mass is 35.5. The Balaban J connectivity index is 2.62. The van der Waals surface area contributed by atoms with Crippen molar-refractivity contribution in [3.8, 4) is 0 Å². The van der Waals surface area contributed by atoms with Crippen molar-refractivity contribution in [3.05, 3.63) is 34.6 Å². The second kappa shape index (κ2) is 5.73. The van der Waals surface area contributed by atoms with E-state index in [4.69, 9.17) is 11.6 Å². The number of hydrogen-bond acceptors (Lipinski definition) is 2. The lowest BCUT2D eigenvalue weighted by Gasteiger charge is -2.14. The molecule has 84 valence electrons. The van der Waals surface area contributed by atoms with Gasteiger partial charge in [-0.25, -0.2) is 4.39 Å². The SMILES string of the molecule is CC(O)C(C)SCc1cccc(Cl)c1F. The van der Waals surface area contributed by atoms with Gasteiger partial charge in [0, 0.05) is 11.0 Å². The van der Waals surface area contributed by atoms with Gasteiger partial charge in [-0.3, -0.25) is 0 Å². The molecule has 1 aromatic rings. The molecule has 0 aliphatic heterocycles. The number of rotatable bonds is 4. The summed E-state index contributed by atoms with van der Waals surface area (Å²) in [6.45, 7) is 3.64. The Labute approximate surface area is 98.6 Å². The van der Waals surface area contributed by atoms with Crippen molar-refractivity contribution >= 4 is 23.4 Å². The Morgan fingerprint density at radius 2 is 2.13 bits per heavy atom. The van der Waals surface area contributed by atoms with Gasteiger partial charge in [0.15, 0.2) is 0 Å². The smallest absolute Gasteiger partial charge is 0.145 e. The summed E-state index contributed by atoms with van der Waals surface area (Å²) in [6, 6.07) is 4.97. The van der Waals surface area contributed by atoms with Crippen LogP contribution in [0.25, 0.3) is 0 Å². The standard InChI is InChI=1S/C11H14ClFOS/c1-7(14)8(2)15-6-9-4-3-5-10(12)11(9)13/h3-5,7-8,14H,6H2,1-2H3. The average Bonchev–Trinajstić information content (AvgIpc) is 2.19. The van der Waals surface area contributed by atoms with E-state index in [2.05, 4.69) is 0 Å². The van der Waals surface area contributed by atoms with E-state index in [9.17, 15) is 9.50 Å². The van der Waals surface area contributed by atoms with Crippen molar-refractivity contribution in [2.75, 3.05) is 0 Å². The van der Waals surface area contributed by atoms with Crippen molar-refractivity contribution < 1.29 is 9.50 Å². The summed E-state index contributed by atoms with van der Waals surface area (Å²) in [5.74, 6) is 0.169. The van der Waals surface area contributed by atoms with Crippen LogP contribution >= 0.6 is 23.4 Å². The molecule has 0 saturated carbocycles. The van der Waals surface area contributed by atoms with Gasteiger partial charge in [-0.15, -0.1) is 0 Å². The summed E-state index contributed by atoms with van der Waals surface area (Å²) >= 11 is 7.17. The highest BCUT2D eigenvalue weighted by molar-refractivity contribution is 7.99. The molecule has 4 heteroatoms. The summed E-state index contributed by atoms with van der Waals surface area (Å²) in [7, 11) is 0. The molecular weight excluding hydrogens is 235 g/mol. The van der Waals surface area contributed by atoms with Gasteiger partial charge in [0.05, 0.1) is 11.1 Å². The number of halogens is 2. The zero-order valence-electron chi connectivity index (χ0n) is 8.71. The average molecular weight is 249 g/mol. The molecule has 0 amide bonds. The molecule has 1 aromatic carbocycles. The lowest BCUT2D eigenvalue weighted by atomic mass is 10.2. The molecule has 1 N–H and O–H groups in total. The molecule has 2 atom stereocenters. The highest BCUT2D eigenvalue weighted by Gasteiger charge is 2.11. The minimum absolute atomic E-state index is 0.0865. The minimum atomic E-state index is -0.391. The Hall–Kier alpha value is -0.250. The van der Waals surface area contributed by atoms with E-state index in [0.717, 1.165) is 0 Å². The number of aliphatic hydroxyl groups is 1. The Morgan fingerprint density at radius 3 is 2.73 bits per heavy atom. The molecule has 15 heavy (non-hydrogen) atoms. The quantitative estimate of drug-likeness (QED) is 0.880. The lowest BCUT2D eigenvalue weighted by molar-refractivity contribution is 0.196. The van der Waals surface area contributed by atoms with Crippen molar-refractivity contribution in [1.82, 2.24) is 0 Å². The third-order valence-electron chi connectivity index (χ3n) is 2.21. The van der Waals surface area contributed by atoms with Gasteiger partial charge >= 0.3 is 0 Å². The number of benzene rings is 1. The topological polar surface area (TPSA) is 20.2 Å². The molecule has 1 nitrogen and oxygen atoms in total. The first-order chi connectivity index (χ1) is 7.02. The maximum absolute atomic E-state index is 13.4. The van der Waals surface area contributed by atoms with E-state index in [1.807, 2.05) is 6.92 Å². The summed E-state index contributed by atoms with van der Waals surface area (Å²) in [5, 5.41) is 9.52. The summed E-state index contributed by atoms with van der Waals surface area (Å²) < 4.78 is 13.4. The van der Waals surface area contributed by atoms with Crippen LogP contribution in [0.5, 0.6) is 0 Å². The molecule has 0 aliphatic rings. The summed E-state index contributed by atoms with van der Waals surface area (Å²) in [5.41, 5.74) is 0.583. The van der Waals surface area contributed by atoms with Crippen LogP contribution in [0.1, 0.15) is 19.4 Å². The third-order valence-corrected chi connectivity index (χ3v) is 3.90. The predicted octanol–water partition coefficient (Wildman–Crippen LogP) is 3.48. The van der Waals surface area contributed by atoms with Gasteiger partial charge in [0.25, 0.3) is 0 Å². The summed E-state index contributed by atoms with van der Waals surface area (Å²) in [6.07, 6.45) is -0.391. The highest BCUT2D eigenvalue weighted by Crippen LogP contribution is 2.25. The fourth-order valence-corrected chi connectivity index (χ4v) is 2.16. The molecule has 0 fully saturated rings. The van der Waals surface area contributed by atoms with Crippen LogP contribution in [-0.4, -0.2) is 16.5 Å². The van der Waals surface area contributed by atoms with Crippen LogP contribution in [0.15, 0.2) is 18.2 Å². The first kappa shape index (κ1) is 12.8. The van der Waals surface area contributed by atoms with Gasteiger partial charge in [0.2, 0.25) is 0 Å². The number of hydrogen-bond donors (Lipinski definition) is 1. The molecule has 0 saturated heterocycles. The van der Waals surface area contributed by atoms with E-state index in [1.165, 1.54) is 17.8 Å². The fraction of sp³-hybridized carbons (Fsp3) is 0.455. The largest absolute Gasteiger partial charge is 0.392 e. The van der Waals surface area contributed by atoms with Crippen LogP contribution in [0.2, 0.25) is 5.02 Å². The van der Waals surface area contributed by atoms with Crippen LogP contribution in [0, 0.1) is 5.82 Å². The van der Waals surface area contributed by atoms with Crippen molar-refractivity contribution in [2.45, 2.75) is 31.0 Å². The second-order valence-corrected chi connectivity index (χ2v) is 5.24. The molecule has 0 spiro atoms. The molecular formula is C11H14ClFOS. The Morgan fingerprint density at radius 1 is 1.47 bits per heavy atom. The van der Waals surface area contributed by atoms with E-state index in [-0.39, 0.29) is 16.1 Å². The zero-order valence-corrected chi connectivity index (χ0v) is 10.3. The molecule has 0 aliphatic carbocycles. The van der Waals surface area contributed by atoms with Gasteiger partial charge in [0.1, 0.15) is 5.82 Å². The minimum Gasteiger partial charge on any atom is -0.392 e. The molecule has 0 radical (unpaired) electrons. The van der Waals surface area contributed by atoms with Crippen molar-refractivity contribution in [3.63, 3.8) is 0 Å². The summed E-state index contributed by atoms with van der Waals surface area (Å²) in [4.78, 5) is 0. The van der Waals surface area contributed by atoms with E-state index < -0.39 is 6.10 Å². The fourth-order valence-electron chi connectivity index (χ4n) is 1.02. The maximum atomic E-state index is 13.4. The van der Waals surface area contributed by atoms with E-state index >= 15 is 0 Å². The van der Waals surface area contributed by atoms with Crippen molar-refractivity contribution in [1.29, 1.82) is 0 Å². The van der Waals surface area contributed by atoms with Crippen LogP contribution in [0.3, 0.4) is 0 Å². The van der Waals surface area contributed by atoms with E-state index in [0.29, 0.717) is 11.3 Å². The third kappa shape index (κ3) is 3.67. The van der Waals surface area contributed by atoms with Gasteiger partial charge in [-0.05, 0) is 18.6 Å². The Bertz CT molecular complexity index is 330. The molecule has 1 rings (SSSR count).